The van der Waals surface area contributed by atoms with Gasteiger partial charge >= 0.3 is 6.18 Å². The zero-order chi connectivity index (χ0) is 19.3. The van der Waals surface area contributed by atoms with Gasteiger partial charge in [0.1, 0.15) is 11.6 Å². The number of benzene rings is 2. The van der Waals surface area contributed by atoms with Crippen LogP contribution in [-0.2, 0) is 11.0 Å². The lowest BCUT2D eigenvalue weighted by Gasteiger charge is -2.10. The molecule has 2 N–H and O–H groups in total. The molecule has 4 nitrogen and oxygen atoms in total. The van der Waals surface area contributed by atoms with Crippen molar-refractivity contribution in [3.05, 3.63) is 70.9 Å². The van der Waals surface area contributed by atoms with E-state index in [0.717, 1.165) is 28.9 Å². The van der Waals surface area contributed by atoms with Crippen molar-refractivity contribution in [1.82, 2.24) is 0 Å². The molecule has 0 unspecified atom stereocenters. The second-order valence-electron chi connectivity index (χ2n) is 5.67. The molecule has 0 atom stereocenters. The molecular formula is C19H16F3N3O. The normalized spacial score (nSPS) is 11.6. The molecule has 0 saturated heterocycles. The second kappa shape index (κ2) is 7.74. The Bertz CT molecular complexity index is 896. The highest BCUT2D eigenvalue weighted by molar-refractivity contribution is 6.06. The van der Waals surface area contributed by atoms with Crippen molar-refractivity contribution in [1.29, 1.82) is 5.26 Å². The minimum Gasteiger partial charge on any atom is -0.360 e. The third-order valence-electron chi connectivity index (χ3n) is 3.58. The van der Waals surface area contributed by atoms with E-state index in [-0.39, 0.29) is 11.3 Å². The van der Waals surface area contributed by atoms with E-state index in [2.05, 4.69) is 10.6 Å². The zero-order valence-electron chi connectivity index (χ0n) is 14.1. The smallest absolute Gasteiger partial charge is 0.360 e. The number of carbonyl (C=O) groups is 1. The van der Waals surface area contributed by atoms with Gasteiger partial charge in [-0.3, -0.25) is 4.79 Å². The van der Waals surface area contributed by atoms with E-state index < -0.39 is 17.6 Å². The molecule has 0 saturated carbocycles. The molecule has 26 heavy (non-hydrogen) atoms. The quantitative estimate of drug-likeness (QED) is 0.610. The second-order valence-corrected chi connectivity index (χ2v) is 5.67. The van der Waals surface area contributed by atoms with E-state index in [1.54, 1.807) is 6.07 Å². The van der Waals surface area contributed by atoms with Gasteiger partial charge in [-0.1, -0.05) is 18.2 Å². The van der Waals surface area contributed by atoms with Crippen molar-refractivity contribution in [2.45, 2.75) is 20.0 Å². The molecule has 1 amide bonds. The van der Waals surface area contributed by atoms with Crippen LogP contribution in [0.3, 0.4) is 0 Å². The van der Waals surface area contributed by atoms with Crippen LogP contribution >= 0.6 is 0 Å². The predicted molar refractivity (Wildman–Crippen MR) is 93.3 cm³/mol. The first-order valence-electron chi connectivity index (χ1n) is 7.63. The monoisotopic (exact) mass is 359 g/mol. The van der Waals surface area contributed by atoms with Gasteiger partial charge in [0.25, 0.3) is 5.91 Å². The summed E-state index contributed by atoms with van der Waals surface area (Å²) in [5, 5.41) is 14.3. The van der Waals surface area contributed by atoms with E-state index in [1.165, 1.54) is 18.3 Å². The van der Waals surface area contributed by atoms with Gasteiger partial charge in [0.2, 0.25) is 0 Å². The number of amides is 1. The number of rotatable bonds is 4. The molecule has 0 aliphatic rings. The van der Waals surface area contributed by atoms with E-state index in [9.17, 15) is 18.0 Å². The Hall–Kier alpha value is -3.27. The van der Waals surface area contributed by atoms with Crippen LogP contribution in [0.15, 0.2) is 54.2 Å². The number of aryl methyl sites for hydroxylation is 2. The fourth-order valence-electron chi connectivity index (χ4n) is 2.16. The van der Waals surface area contributed by atoms with E-state index in [1.807, 2.05) is 32.0 Å². The van der Waals surface area contributed by atoms with E-state index in [4.69, 9.17) is 5.26 Å². The first-order chi connectivity index (χ1) is 12.2. The molecule has 0 radical (unpaired) electrons. The SMILES string of the molecule is Cc1ccc(C)c(N/C=C(/C#N)C(=O)Nc2cccc(C(F)(F)F)c2)c1. The van der Waals surface area contributed by atoms with Crippen LogP contribution < -0.4 is 10.6 Å². The van der Waals surface area contributed by atoms with Gasteiger partial charge in [-0.05, 0) is 49.2 Å². The number of nitriles is 1. The molecule has 0 aliphatic carbocycles. The number of carbonyl (C=O) groups excluding carboxylic acids is 1. The van der Waals surface area contributed by atoms with Crippen molar-refractivity contribution >= 4 is 17.3 Å². The minimum atomic E-state index is -4.51. The van der Waals surface area contributed by atoms with Crippen LogP contribution in [0, 0.1) is 25.2 Å². The van der Waals surface area contributed by atoms with Crippen molar-refractivity contribution in [3.63, 3.8) is 0 Å². The zero-order valence-corrected chi connectivity index (χ0v) is 14.1. The maximum absolute atomic E-state index is 12.7. The molecule has 0 aromatic heterocycles. The first kappa shape index (κ1) is 19.1. The Morgan fingerprint density at radius 2 is 1.88 bits per heavy atom. The standard InChI is InChI=1S/C19H16F3N3O/c1-12-6-7-13(2)17(8-12)24-11-14(10-23)18(26)25-16-5-3-4-15(9-16)19(20,21)22/h3-9,11,24H,1-2H3,(H,25,26)/b14-11-. The molecule has 134 valence electrons. The van der Waals surface area contributed by atoms with Crippen molar-refractivity contribution < 1.29 is 18.0 Å². The fourth-order valence-corrected chi connectivity index (χ4v) is 2.16. The average molecular weight is 359 g/mol. The summed E-state index contributed by atoms with van der Waals surface area (Å²) >= 11 is 0. The van der Waals surface area contributed by atoms with Crippen molar-refractivity contribution in [3.8, 4) is 6.07 Å². The molecule has 0 aliphatic heterocycles. The molecule has 7 heteroatoms. The number of nitrogens with one attached hydrogen (secondary N) is 2. The summed E-state index contributed by atoms with van der Waals surface area (Å²) in [5.41, 5.74) is 1.46. The maximum Gasteiger partial charge on any atom is 0.416 e. The topological polar surface area (TPSA) is 64.9 Å². The third-order valence-corrected chi connectivity index (χ3v) is 3.58. The molecule has 0 spiro atoms. The van der Waals surface area contributed by atoms with Crippen LogP contribution in [0.2, 0.25) is 0 Å². The molecule has 2 aromatic carbocycles. The Labute approximate surface area is 149 Å². The Kier molecular flexibility index (Phi) is 5.68. The largest absolute Gasteiger partial charge is 0.416 e. The van der Waals surface area contributed by atoms with Gasteiger partial charge in [-0.15, -0.1) is 0 Å². The van der Waals surface area contributed by atoms with E-state index in [0.29, 0.717) is 0 Å². The number of hydrogen-bond donors (Lipinski definition) is 2. The average Bonchev–Trinajstić information content (AvgIpc) is 2.58. The third kappa shape index (κ3) is 4.86. The Morgan fingerprint density at radius 3 is 2.54 bits per heavy atom. The lowest BCUT2D eigenvalue weighted by atomic mass is 10.1. The maximum atomic E-state index is 12.7. The van der Waals surface area contributed by atoms with Crippen LogP contribution in [0.5, 0.6) is 0 Å². The fraction of sp³-hybridized carbons (Fsp3) is 0.158. The number of anilines is 2. The number of alkyl halides is 3. The molecule has 2 aromatic rings. The van der Waals surface area contributed by atoms with Gasteiger partial charge < -0.3 is 10.6 Å². The highest BCUT2D eigenvalue weighted by atomic mass is 19.4. The summed E-state index contributed by atoms with van der Waals surface area (Å²) in [6, 6.07) is 11.6. The molecule has 0 heterocycles. The van der Waals surface area contributed by atoms with Gasteiger partial charge in [-0.2, -0.15) is 18.4 Å². The van der Waals surface area contributed by atoms with Gasteiger partial charge in [0.15, 0.2) is 0 Å². The van der Waals surface area contributed by atoms with Crippen LogP contribution in [0.4, 0.5) is 24.5 Å². The van der Waals surface area contributed by atoms with Gasteiger partial charge in [0, 0.05) is 17.6 Å². The molecule has 0 fully saturated rings. The molecule has 0 bridgehead atoms. The summed E-state index contributed by atoms with van der Waals surface area (Å²) in [4.78, 5) is 12.2. The van der Waals surface area contributed by atoms with Crippen LogP contribution in [0.25, 0.3) is 0 Å². The highest BCUT2D eigenvalue weighted by Crippen LogP contribution is 2.30. The summed E-state index contributed by atoms with van der Waals surface area (Å²) in [6.07, 6.45) is -3.29. The minimum absolute atomic E-state index is 0.0438. The Morgan fingerprint density at radius 1 is 1.15 bits per heavy atom. The van der Waals surface area contributed by atoms with Gasteiger partial charge in [-0.25, -0.2) is 0 Å². The molecular weight excluding hydrogens is 343 g/mol. The summed E-state index contributed by atoms with van der Waals surface area (Å²) in [7, 11) is 0. The van der Waals surface area contributed by atoms with Crippen LogP contribution in [-0.4, -0.2) is 5.91 Å². The summed E-state index contributed by atoms with van der Waals surface area (Å²) < 4.78 is 38.2. The van der Waals surface area contributed by atoms with Crippen molar-refractivity contribution in [2.75, 3.05) is 10.6 Å². The predicted octanol–water partition coefficient (Wildman–Crippen LogP) is 4.78. The number of nitrogens with zero attached hydrogens (tertiary/aromatic N) is 1. The van der Waals surface area contributed by atoms with Gasteiger partial charge in [0.05, 0.1) is 5.56 Å². The number of hydrogen-bond acceptors (Lipinski definition) is 3. The number of halogens is 3. The highest BCUT2D eigenvalue weighted by Gasteiger charge is 2.30. The first-order valence-corrected chi connectivity index (χ1v) is 7.63. The van der Waals surface area contributed by atoms with Crippen molar-refractivity contribution in [2.24, 2.45) is 0 Å². The lowest BCUT2D eigenvalue weighted by molar-refractivity contribution is -0.137. The summed E-state index contributed by atoms with van der Waals surface area (Å²) in [5.74, 6) is -0.801. The summed E-state index contributed by atoms with van der Waals surface area (Å²) in [6.45, 7) is 3.77. The Balaban J connectivity index is 2.16. The molecule has 2 rings (SSSR count). The van der Waals surface area contributed by atoms with Crippen LogP contribution in [0.1, 0.15) is 16.7 Å². The van der Waals surface area contributed by atoms with E-state index >= 15 is 0 Å². The lowest BCUT2D eigenvalue weighted by Crippen LogP contribution is -2.15.